The molecule has 2 aliphatic rings. The van der Waals surface area contributed by atoms with Crippen molar-refractivity contribution in [1.29, 1.82) is 0 Å². The van der Waals surface area contributed by atoms with Gasteiger partial charge in [-0.05, 0) is 41.1 Å². The first-order chi connectivity index (χ1) is 15.5. The van der Waals surface area contributed by atoms with E-state index in [2.05, 4.69) is 56.8 Å². The van der Waals surface area contributed by atoms with E-state index in [0.717, 1.165) is 25.7 Å². The van der Waals surface area contributed by atoms with E-state index in [4.69, 9.17) is 4.43 Å². The van der Waals surface area contributed by atoms with Crippen LogP contribution in [0.3, 0.4) is 0 Å². The summed E-state index contributed by atoms with van der Waals surface area (Å²) in [4.78, 5) is 34.8. The summed E-state index contributed by atoms with van der Waals surface area (Å²) < 4.78 is 6.97. The maximum atomic E-state index is 13.5. The fourth-order valence-electron chi connectivity index (χ4n) is 6.25. The van der Waals surface area contributed by atoms with Crippen molar-refractivity contribution in [1.82, 2.24) is 9.97 Å². The number of rotatable bonds is 10. The Morgan fingerprint density at radius 1 is 1.18 bits per heavy atom. The Kier molecular flexibility index (Phi) is 8.44. The van der Waals surface area contributed by atoms with Gasteiger partial charge in [0.15, 0.2) is 25.0 Å². The average molecular weight is 492 g/mol. The van der Waals surface area contributed by atoms with Crippen molar-refractivity contribution in [3.8, 4) is 0 Å². The number of carbonyl (C=O) groups excluding carboxylic acids is 2. The first-order valence-corrected chi connectivity index (χ1v) is 15.8. The highest BCUT2D eigenvalue weighted by atomic mass is 32.2. The molecule has 1 fully saturated rings. The quantitative estimate of drug-likeness (QED) is 0.234. The van der Waals surface area contributed by atoms with Gasteiger partial charge in [0, 0.05) is 25.6 Å². The Hall–Kier alpha value is -1.25. The van der Waals surface area contributed by atoms with Crippen molar-refractivity contribution in [3.63, 3.8) is 0 Å². The fourth-order valence-corrected chi connectivity index (χ4v) is 12.1. The van der Waals surface area contributed by atoms with Gasteiger partial charge in [0.2, 0.25) is 0 Å². The average Bonchev–Trinajstić information content (AvgIpc) is 3.21. The Labute approximate surface area is 204 Å². The summed E-state index contributed by atoms with van der Waals surface area (Å²) >= 11 is 1.42. The molecule has 1 aromatic rings. The molecule has 3 rings (SSSR count). The lowest BCUT2D eigenvalue weighted by atomic mass is 9.79. The highest BCUT2D eigenvalue weighted by molar-refractivity contribution is 7.98. The van der Waals surface area contributed by atoms with Crippen LogP contribution in [0.2, 0.25) is 16.6 Å². The molecule has 0 radical (unpaired) electrons. The monoisotopic (exact) mass is 491 g/mol. The molecule has 1 aliphatic heterocycles. The summed E-state index contributed by atoms with van der Waals surface area (Å²) in [5.74, 6) is 0.540. The number of hydrogen-bond donors (Lipinski definition) is 1. The first-order valence-electron chi connectivity index (χ1n) is 12.4. The molecule has 1 N–H and O–H groups in total. The third kappa shape index (κ3) is 5.38. The van der Waals surface area contributed by atoms with E-state index in [1.807, 2.05) is 6.26 Å². The van der Waals surface area contributed by atoms with Gasteiger partial charge in [-0.25, -0.2) is 9.97 Å². The third-order valence-electron chi connectivity index (χ3n) is 7.89. The molecule has 33 heavy (non-hydrogen) atoms. The largest absolute Gasteiger partial charge is 0.415 e. The van der Waals surface area contributed by atoms with E-state index in [1.54, 1.807) is 6.20 Å². The van der Waals surface area contributed by atoms with Crippen molar-refractivity contribution < 1.29 is 14.0 Å². The van der Waals surface area contributed by atoms with Gasteiger partial charge in [-0.15, -0.1) is 0 Å². The van der Waals surface area contributed by atoms with Crippen LogP contribution in [-0.2, 0) is 9.22 Å². The number of thioether (sulfide) groups is 1. The van der Waals surface area contributed by atoms with Gasteiger partial charge >= 0.3 is 0 Å². The van der Waals surface area contributed by atoms with Crippen molar-refractivity contribution in [2.24, 2.45) is 5.41 Å². The fraction of sp³-hybridized carbons (Fsp3) is 0.760. The van der Waals surface area contributed by atoms with Crippen LogP contribution in [0.25, 0.3) is 0 Å². The van der Waals surface area contributed by atoms with E-state index in [9.17, 15) is 9.59 Å². The summed E-state index contributed by atoms with van der Waals surface area (Å²) in [6.45, 7) is 14.5. The molecule has 0 aromatic carbocycles. The molecule has 6 nitrogen and oxygen atoms in total. The molecule has 2 heterocycles. The van der Waals surface area contributed by atoms with Gasteiger partial charge < -0.3 is 9.74 Å². The molecule has 1 saturated carbocycles. The topological polar surface area (TPSA) is 81.2 Å². The van der Waals surface area contributed by atoms with Crippen LogP contribution in [0.15, 0.2) is 11.4 Å². The molecule has 0 saturated heterocycles. The Morgan fingerprint density at radius 2 is 1.79 bits per heavy atom. The maximum Gasteiger partial charge on any atom is 0.200 e. The number of Topliss-reactive ketones (excluding diaryl/α,β-unsaturated/α-hetero) is 2. The van der Waals surface area contributed by atoms with E-state index >= 15 is 0 Å². The lowest BCUT2D eigenvalue weighted by Gasteiger charge is -2.45. The van der Waals surface area contributed by atoms with Crippen LogP contribution in [0, 0.1) is 5.41 Å². The number of anilines is 1. The summed E-state index contributed by atoms with van der Waals surface area (Å²) in [5, 5.41) is 3.85. The number of ketones is 2. The van der Waals surface area contributed by atoms with Crippen molar-refractivity contribution in [2.75, 3.05) is 18.2 Å². The van der Waals surface area contributed by atoms with E-state index in [0.29, 0.717) is 46.2 Å². The Morgan fingerprint density at radius 3 is 2.33 bits per heavy atom. The molecule has 1 atom stereocenters. The van der Waals surface area contributed by atoms with Crippen molar-refractivity contribution in [3.05, 3.63) is 11.8 Å². The summed E-state index contributed by atoms with van der Waals surface area (Å²) in [6, 6.07) is -0.519. The van der Waals surface area contributed by atoms with Gasteiger partial charge in [-0.2, -0.15) is 0 Å². The number of nitrogens with zero attached hydrogens (tertiary/aromatic N) is 2. The molecular weight excluding hydrogens is 450 g/mol. The molecule has 1 unspecified atom stereocenters. The van der Waals surface area contributed by atoms with Crippen LogP contribution in [0.1, 0.15) is 90.4 Å². The summed E-state index contributed by atoms with van der Waals surface area (Å²) in [7, 11) is -2.00. The van der Waals surface area contributed by atoms with Crippen LogP contribution < -0.4 is 5.32 Å². The second-order valence-corrected chi connectivity index (χ2v) is 17.1. The minimum Gasteiger partial charge on any atom is -0.415 e. The summed E-state index contributed by atoms with van der Waals surface area (Å²) in [5.41, 5.74) is 1.93. The maximum absolute atomic E-state index is 13.5. The molecule has 184 valence electrons. The smallest absolute Gasteiger partial charge is 0.200 e. The number of fused-ring (bicyclic) bond motifs is 1. The first kappa shape index (κ1) is 26.4. The van der Waals surface area contributed by atoms with Crippen LogP contribution in [0.4, 0.5) is 5.82 Å². The zero-order valence-electron chi connectivity index (χ0n) is 21.4. The molecule has 0 bridgehead atoms. The molecule has 8 heteroatoms. The second kappa shape index (κ2) is 10.6. The van der Waals surface area contributed by atoms with Gasteiger partial charge in [0.05, 0.1) is 11.6 Å². The third-order valence-corrected chi connectivity index (χ3v) is 14.5. The predicted octanol–water partition coefficient (Wildman–Crippen LogP) is 6.28. The van der Waals surface area contributed by atoms with E-state index < -0.39 is 14.4 Å². The van der Waals surface area contributed by atoms with Gasteiger partial charge in [0.25, 0.3) is 0 Å². The van der Waals surface area contributed by atoms with Gasteiger partial charge in [-0.3, -0.25) is 9.59 Å². The normalized spacial score (nSPS) is 20.4. The molecule has 1 aliphatic carbocycles. The SMILES string of the molecule is CSc1ncc2c(n1)NC(C(=O)CC1(CO[Si](C(C)C)(C(C)C)C(C)C)CCCC1)CC2=O. The van der Waals surface area contributed by atoms with Crippen molar-refractivity contribution >= 4 is 37.5 Å². The van der Waals surface area contributed by atoms with E-state index in [1.165, 1.54) is 11.8 Å². The molecule has 0 spiro atoms. The highest BCUT2D eigenvalue weighted by Crippen LogP contribution is 2.47. The zero-order valence-corrected chi connectivity index (χ0v) is 23.2. The van der Waals surface area contributed by atoms with Gasteiger partial charge in [0.1, 0.15) is 5.82 Å². The highest BCUT2D eigenvalue weighted by Gasteiger charge is 2.48. The Balaban J connectivity index is 1.76. The standard InChI is InChI=1S/C25H41N3O3SSi/c1-16(2)33(17(3)4,18(5)6)31-15-25(10-8-9-11-25)13-22(30)20-12-21(29)19-14-26-24(32-7)28-23(19)27-20/h14,16-18,20H,8-13,15H2,1-7H3,(H,26,27,28). The predicted molar refractivity (Wildman–Crippen MR) is 138 cm³/mol. The lowest BCUT2D eigenvalue weighted by molar-refractivity contribution is -0.122. The Bertz CT molecular complexity index is 847. The van der Waals surface area contributed by atoms with Crippen LogP contribution >= 0.6 is 11.8 Å². The molecule has 1 aromatic heterocycles. The van der Waals surface area contributed by atoms with Crippen LogP contribution in [0.5, 0.6) is 0 Å². The number of carbonyl (C=O) groups is 2. The minimum atomic E-state index is -2.00. The number of hydrogen-bond acceptors (Lipinski definition) is 7. The van der Waals surface area contributed by atoms with Crippen LogP contribution in [-0.4, -0.2) is 48.8 Å². The second-order valence-electron chi connectivity index (χ2n) is 10.9. The minimum absolute atomic E-state index is 0.0580. The molecule has 0 amide bonds. The van der Waals surface area contributed by atoms with Crippen molar-refractivity contribution in [2.45, 2.75) is 108 Å². The zero-order chi connectivity index (χ0) is 24.4. The number of aromatic nitrogens is 2. The summed E-state index contributed by atoms with van der Waals surface area (Å²) in [6.07, 6.45) is 8.43. The molecular formula is C25H41N3O3SSi. The number of nitrogens with one attached hydrogen (secondary N) is 1. The van der Waals surface area contributed by atoms with Gasteiger partial charge in [-0.1, -0.05) is 66.1 Å². The van der Waals surface area contributed by atoms with E-state index in [-0.39, 0.29) is 23.4 Å². The lowest BCUT2D eigenvalue weighted by Crippen LogP contribution is -2.50.